The molecule has 184 valence electrons. The molecule has 0 bridgehead atoms. The first kappa shape index (κ1) is 24.9. The molecule has 0 saturated carbocycles. The van der Waals surface area contributed by atoms with Crippen LogP contribution in [-0.2, 0) is 20.6 Å². The van der Waals surface area contributed by atoms with Gasteiger partial charge in [0.25, 0.3) is 0 Å². The van der Waals surface area contributed by atoms with Crippen LogP contribution in [0.5, 0.6) is 0 Å². The van der Waals surface area contributed by atoms with Gasteiger partial charge in [-0.05, 0) is 56.3 Å². The Morgan fingerprint density at radius 2 is 1.68 bits per heavy atom. The fourth-order valence-corrected chi connectivity index (χ4v) is 6.32. The summed E-state index contributed by atoms with van der Waals surface area (Å²) in [6.07, 6.45) is 0.824. The number of carbonyl (C=O) groups is 1. The van der Waals surface area contributed by atoms with Crippen LogP contribution in [0, 0.1) is 11.7 Å². The number of nitrogens with zero attached hydrogens (tertiary/aromatic N) is 3. The number of likely N-dealkylation sites (N-methyl/N-ethyl adjacent to an activating group) is 1. The number of hydrogen-bond donors (Lipinski definition) is 1. The number of rotatable bonds is 6. The molecule has 0 atom stereocenters. The minimum absolute atomic E-state index is 0.0240. The van der Waals surface area contributed by atoms with E-state index in [0.717, 1.165) is 37.6 Å². The van der Waals surface area contributed by atoms with Crippen LogP contribution in [0.3, 0.4) is 0 Å². The number of benzene rings is 2. The minimum atomic E-state index is -3.74. The highest BCUT2D eigenvalue weighted by atomic mass is 35.5. The van der Waals surface area contributed by atoms with Gasteiger partial charge in [-0.3, -0.25) is 4.79 Å². The molecule has 2 fully saturated rings. The van der Waals surface area contributed by atoms with Crippen LogP contribution < -0.4 is 10.2 Å². The highest BCUT2D eigenvalue weighted by molar-refractivity contribution is 7.88. The average Bonchev–Trinajstić information content (AvgIpc) is 2.83. The Balaban J connectivity index is 1.29. The fraction of sp³-hybridized carbons (Fsp3) is 0.458. The Morgan fingerprint density at radius 1 is 1.03 bits per heavy atom. The predicted molar refractivity (Wildman–Crippen MR) is 133 cm³/mol. The van der Waals surface area contributed by atoms with Crippen LogP contribution in [0.4, 0.5) is 15.8 Å². The summed E-state index contributed by atoms with van der Waals surface area (Å²) in [5, 5.41) is 3.05. The fourth-order valence-electron chi connectivity index (χ4n) is 4.40. The summed E-state index contributed by atoms with van der Waals surface area (Å²) in [5.41, 5.74) is 1.84. The Bertz CT molecular complexity index is 1090. The number of amides is 1. The Morgan fingerprint density at radius 3 is 2.29 bits per heavy atom. The van der Waals surface area contributed by atoms with Gasteiger partial charge < -0.3 is 15.1 Å². The van der Waals surface area contributed by atoms with Crippen molar-refractivity contribution >= 4 is 38.9 Å². The summed E-state index contributed by atoms with van der Waals surface area (Å²) in [6.45, 7) is 4.45. The molecule has 1 amide bonds. The van der Waals surface area contributed by atoms with Crippen molar-refractivity contribution in [2.75, 3.05) is 56.5 Å². The Labute approximate surface area is 205 Å². The molecule has 2 aliphatic rings. The summed E-state index contributed by atoms with van der Waals surface area (Å²) in [5.74, 6) is -1.51. The molecule has 2 aromatic carbocycles. The molecule has 4 rings (SSSR count). The molecule has 2 aromatic rings. The summed E-state index contributed by atoms with van der Waals surface area (Å²) >= 11 is 6.00. The van der Waals surface area contributed by atoms with E-state index in [2.05, 4.69) is 22.2 Å². The summed E-state index contributed by atoms with van der Waals surface area (Å²) in [4.78, 5) is 17.4. The van der Waals surface area contributed by atoms with Gasteiger partial charge in [0.15, 0.2) is 0 Å². The van der Waals surface area contributed by atoms with E-state index in [1.54, 1.807) is 0 Å². The number of hydrogen-bond acceptors (Lipinski definition) is 5. The van der Waals surface area contributed by atoms with E-state index in [1.807, 2.05) is 24.3 Å². The van der Waals surface area contributed by atoms with Gasteiger partial charge in [0.05, 0.1) is 5.75 Å². The molecule has 2 heterocycles. The number of piperidine rings is 1. The maximum atomic E-state index is 14.0. The summed E-state index contributed by atoms with van der Waals surface area (Å²) < 4.78 is 41.0. The lowest BCUT2D eigenvalue weighted by Crippen LogP contribution is -2.44. The highest BCUT2D eigenvalue weighted by Crippen LogP contribution is 2.27. The van der Waals surface area contributed by atoms with Crippen molar-refractivity contribution in [2.45, 2.75) is 18.6 Å². The zero-order valence-corrected chi connectivity index (χ0v) is 20.8. The monoisotopic (exact) mass is 508 g/mol. The molecule has 10 heteroatoms. The second-order valence-corrected chi connectivity index (χ2v) is 11.3. The molecular formula is C24H30ClFN4O3S. The first-order valence-electron chi connectivity index (χ1n) is 11.5. The maximum Gasteiger partial charge on any atom is 0.227 e. The number of sulfonamides is 1. The Kier molecular flexibility index (Phi) is 7.77. The van der Waals surface area contributed by atoms with E-state index < -0.39 is 21.6 Å². The third kappa shape index (κ3) is 5.89. The first-order valence-corrected chi connectivity index (χ1v) is 13.5. The molecular weight excluding hydrogens is 479 g/mol. The van der Waals surface area contributed by atoms with E-state index in [1.165, 1.54) is 22.5 Å². The van der Waals surface area contributed by atoms with Crippen LogP contribution >= 0.6 is 11.6 Å². The third-order valence-corrected chi connectivity index (χ3v) is 8.77. The van der Waals surface area contributed by atoms with Crippen LogP contribution in [0.15, 0.2) is 42.5 Å². The van der Waals surface area contributed by atoms with Crippen molar-refractivity contribution in [1.82, 2.24) is 9.21 Å². The maximum absolute atomic E-state index is 14.0. The predicted octanol–water partition coefficient (Wildman–Crippen LogP) is 3.41. The van der Waals surface area contributed by atoms with Gasteiger partial charge in [0.2, 0.25) is 15.9 Å². The van der Waals surface area contributed by atoms with Crippen molar-refractivity contribution in [3.63, 3.8) is 0 Å². The molecule has 0 radical (unpaired) electrons. The Hall–Kier alpha value is -2.20. The first-order chi connectivity index (χ1) is 16.2. The molecule has 0 unspecified atom stereocenters. The molecule has 2 aliphatic heterocycles. The van der Waals surface area contributed by atoms with Crippen molar-refractivity contribution in [1.29, 1.82) is 0 Å². The second kappa shape index (κ2) is 10.6. The van der Waals surface area contributed by atoms with E-state index in [-0.39, 0.29) is 35.5 Å². The number of nitrogens with one attached hydrogen (secondary N) is 1. The van der Waals surface area contributed by atoms with E-state index in [0.29, 0.717) is 12.8 Å². The van der Waals surface area contributed by atoms with E-state index in [9.17, 15) is 17.6 Å². The largest absolute Gasteiger partial charge is 0.369 e. The lowest BCUT2D eigenvalue weighted by Gasteiger charge is -2.34. The molecule has 7 nitrogen and oxygen atoms in total. The van der Waals surface area contributed by atoms with Gasteiger partial charge in [-0.1, -0.05) is 17.7 Å². The van der Waals surface area contributed by atoms with Crippen LogP contribution in [-0.4, -0.2) is 69.8 Å². The van der Waals surface area contributed by atoms with Gasteiger partial charge in [0.1, 0.15) is 5.82 Å². The normalized spacial score (nSPS) is 18.7. The molecule has 1 N–H and O–H groups in total. The summed E-state index contributed by atoms with van der Waals surface area (Å²) in [7, 11) is -1.62. The second-order valence-electron chi connectivity index (χ2n) is 8.96. The smallest absolute Gasteiger partial charge is 0.227 e. The van der Waals surface area contributed by atoms with Crippen LogP contribution in [0.1, 0.15) is 18.4 Å². The minimum Gasteiger partial charge on any atom is -0.369 e. The van der Waals surface area contributed by atoms with Crippen LogP contribution in [0.25, 0.3) is 0 Å². The standard InChI is InChI=1S/C24H30ClFN4O3S/c1-28-13-15-29(16-14-28)20-7-5-19(6-8-20)27-24(31)18-9-11-30(12-10-18)34(32,33)17-21-22(25)3-2-4-23(21)26/h2-8,18H,9-17H2,1H3,(H,27,31). The summed E-state index contributed by atoms with van der Waals surface area (Å²) in [6, 6.07) is 12.0. The van der Waals surface area contributed by atoms with Gasteiger partial charge in [-0.25, -0.2) is 17.1 Å². The SMILES string of the molecule is CN1CCN(c2ccc(NC(=O)C3CCN(S(=O)(=O)Cc4c(F)cccc4Cl)CC3)cc2)CC1. The molecule has 0 aromatic heterocycles. The van der Waals surface area contributed by atoms with Gasteiger partial charge >= 0.3 is 0 Å². The van der Waals surface area contributed by atoms with Gasteiger partial charge in [-0.15, -0.1) is 0 Å². The zero-order valence-electron chi connectivity index (χ0n) is 19.2. The van der Waals surface area contributed by atoms with Crippen molar-refractivity contribution < 1.29 is 17.6 Å². The van der Waals surface area contributed by atoms with Crippen LogP contribution in [0.2, 0.25) is 5.02 Å². The van der Waals surface area contributed by atoms with Gasteiger partial charge in [-0.2, -0.15) is 0 Å². The van der Waals surface area contributed by atoms with Gasteiger partial charge in [0, 0.05) is 67.1 Å². The lowest BCUT2D eigenvalue weighted by atomic mass is 9.97. The van der Waals surface area contributed by atoms with Crippen molar-refractivity contribution in [3.05, 3.63) is 58.9 Å². The van der Waals surface area contributed by atoms with E-state index >= 15 is 0 Å². The topological polar surface area (TPSA) is 73.0 Å². The third-order valence-electron chi connectivity index (χ3n) is 6.61. The molecule has 0 aliphatic carbocycles. The number of anilines is 2. The number of carbonyl (C=O) groups excluding carboxylic acids is 1. The van der Waals surface area contributed by atoms with Crippen molar-refractivity contribution in [2.24, 2.45) is 5.92 Å². The quantitative estimate of drug-likeness (QED) is 0.647. The van der Waals surface area contributed by atoms with Crippen molar-refractivity contribution in [3.8, 4) is 0 Å². The van der Waals surface area contributed by atoms with E-state index in [4.69, 9.17) is 11.6 Å². The number of halogens is 2. The lowest BCUT2D eigenvalue weighted by molar-refractivity contribution is -0.120. The highest BCUT2D eigenvalue weighted by Gasteiger charge is 2.32. The molecule has 34 heavy (non-hydrogen) atoms. The molecule has 0 spiro atoms. The molecule has 2 saturated heterocycles. The number of piperazine rings is 1. The average molecular weight is 509 g/mol. The zero-order chi connectivity index (χ0) is 24.3.